The van der Waals surface area contributed by atoms with Crippen molar-refractivity contribution in [3.63, 3.8) is 0 Å². The number of carbonyl (C=O) groups is 1. The number of amides is 1. The lowest BCUT2D eigenvalue weighted by atomic mass is 9.88. The number of nitrogens with one attached hydrogen (secondary N) is 1. The maximum atomic E-state index is 13.3. The number of rotatable bonds is 7. The number of alkyl halides is 3. The molecular weight excluding hydrogens is 481 g/mol. The van der Waals surface area contributed by atoms with Gasteiger partial charge in [-0.1, -0.05) is 49.2 Å². The number of nitrogens with zero attached hydrogens (tertiary/aromatic N) is 3. The summed E-state index contributed by atoms with van der Waals surface area (Å²) in [6.45, 7) is 1.90. The van der Waals surface area contributed by atoms with Gasteiger partial charge in [0.1, 0.15) is 11.6 Å². The number of hydrogen-bond acceptors (Lipinski definition) is 5. The molecule has 1 saturated carbocycles. The first-order valence-corrected chi connectivity index (χ1v) is 11.9. The van der Waals surface area contributed by atoms with Crippen molar-refractivity contribution in [2.75, 3.05) is 6.61 Å². The molecule has 0 spiro atoms. The number of pyridine rings is 2. The molecule has 4 rings (SSSR count). The van der Waals surface area contributed by atoms with E-state index < -0.39 is 23.2 Å². The second kappa shape index (κ2) is 10.8. The van der Waals surface area contributed by atoms with Gasteiger partial charge < -0.3 is 10.1 Å². The molecule has 190 valence electrons. The van der Waals surface area contributed by atoms with Gasteiger partial charge in [-0.3, -0.25) is 4.79 Å². The van der Waals surface area contributed by atoms with Gasteiger partial charge in [0.25, 0.3) is 5.91 Å². The van der Waals surface area contributed by atoms with Gasteiger partial charge in [0.05, 0.1) is 34.7 Å². The van der Waals surface area contributed by atoms with Crippen LogP contribution in [-0.2, 0) is 16.5 Å². The fourth-order valence-corrected chi connectivity index (χ4v) is 4.53. The first-order valence-electron chi connectivity index (χ1n) is 11.9. The molecule has 0 atom stereocenters. The van der Waals surface area contributed by atoms with E-state index in [1.807, 2.05) is 36.4 Å². The van der Waals surface area contributed by atoms with Crippen molar-refractivity contribution >= 4 is 12.0 Å². The Balaban J connectivity index is 1.66. The maximum absolute atomic E-state index is 13.3. The van der Waals surface area contributed by atoms with Crippen LogP contribution in [0.3, 0.4) is 0 Å². The van der Waals surface area contributed by atoms with Gasteiger partial charge >= 0.3 is 6.18 Å². The van der Waals surface area contributed by atoms with Gasteiger partial charge in [-0.25, -0.2) is 9.97 Å². The van der Waals surface area contributed by atoms with E-state index >= 15 is 0 Å². The largest absolute Gasteiger partial charge is 0.477 e. The molecule has 0 saturated heterocycles. The lowest BCUT2D eigenvalue weighted by Crippen LogP contribution is -2.44. The van der Waals surface area contributed by atoms with Crippen LogP contribution in [0.2, 0.25) is 0 Å². The molecule has 2 heterocycles. The minimum absolute atomic E-state index is 0.00779. The molecule has 37 heavy (non-hydrogen) atoms. The summed E-state index contributed by atoms with van der Waals surface area (Å²) in [5, 5.41) is 12.8. The monoisotopic (exact) mass is 506 g/mol. The van der Waals surface area contributed by atoms with E-state index in [9.17, 15) is 23.2 Å². The lowest BCUT2D eigenvalue weighted by molar-refractivity contribution is -0.137. The van der Waals surface area contributed by atoms with Gasteiger partial charge in [0.2, 0.25) is 5.88 Å². The summed E-state index contributed by atoms with van der Waals surface area (Å²) in [6, 6.07) is 17.2. The van der Waals surface area contributed by atoms with Gasteiger partial charge in [-0.2, -0.15) is 18.4 Å². The molecule has 0 unspecified atom stereocenters. The SMILES string of the molecule is CCOc1ncc(C(F)(F)F)cc1-c1cccc(C=C(C#N)C(=O)NC2(c3ccccc3)CCCC2)n1. The van der Waals surface area contributed by atoms with E-state index in [4.69, 9.17) is 4.74 Å². The van der Waals surface area contributed by atoms with Crippen LogP contribution < -0.4 is 10.1 Å². The third-order valence-corrected chi connectivity index (χ3v) is 6.30. The predicted octanol–water partition coefficient (Wildman–Crippen LogP) is 6.05. The average molecular weight is 507 g/mol. The molecule has 6 nitrogen and oxygen atoms in total. The highest BCUT2D eigenvalue weighted by Gasteiger charge is 2.37. The molecule has 1 aliphatic carbocycles. The van der Waals surface area contributed by atoms with Crippen LogP contribution in [0.1, 0.15) is 49.4 Å². The summed E-state index contributed by atoms with van der Waals surface area (Å²) in [4.78, 5) is 21.4. The first kappa shape index (κ1) is 25.9. The Bertz CT molecular complexity index is 1340. The smallest absolute Gasteiger partial charge is 0.417 e. The summed E-state index contributed by atoms with van der Waals surface area (Å²) >= 11 is 0. The fourth-order valence-electron chi connectivity index (χ4n) is 4.53. The van der Waals surface area contributed by atoms with Crippen LogP contribution in [0.4, 0.5) is 13.2 Å². The van der Waals surface area contributed by atoms with Crippen molar-refractivity contribution in [3.8, 4) is 23.2 Å². The van der Waals surface area contributed by atoms with E-state index in [1.165, 1.54) is 12.1 Å². The highest BCUT2D eigenvalue weighted by molar-refractivity contribution is 6.02. The van der Waals surface area contributed by atoms with Crippen molar-refractivity contribution in [3.05, 3.63) is 83.2 Å². The minimum atomic E-state index is -4.59. The zero-order chi connectivity index (χ0) is 26.5. The average Bonchev–Trinajstić information content (AvgIpc) is 3.37. The van der Waals surface area contributed by atoms with Crippen molar-refractivity contribution in [2.24, 2.45) is 0 Å². The first-order chi connectivity index (χ1) is 17.8. The molecule has 2 aromatic heterocycles. The minimum Gasteiger partial charge on any atom is -0.477 e. The third kappa shape index (κ3) is 5.80. The molecule has 1 aliphatic rings. The predicted molar refractivity (Wildman–Crippen MR) is 132 cm³/mol. The van der Waals surface area contributed by atoms with Crippen LogP contribution >= 0.6 is 0 Å². The van der Waals surface area contributed by atoms with Crippen molar-refractivity contribution in [2.45, 2.75) is 44.3 Å². The standard InChI is InChI=1S/C28H25F3N4O2/c1-2-37-26-23(16-21(18-33-26)28(29,30)31)24-12-8-11-22(34-24)15-19(17-32)25(36)35-27(13-6-7-14-27)20-9-4-3-5-10-20/h3-5,8-12,15-16,18H,2,6-7,13-14H2,1H3,(H,35,36). The Labute approximate surface area is 212 Å². The van der Waals surface area contributed by atoms with Crippen LogP contribution in [0.15, 0.2) is 66.4 Å². The number of aromatic nitrogens is 2. The number of ether oxygens (including phenoxy) is 1. The molecule has 1 amide bonds. The van der Waals surface area contributed by atoms with Crippen molar-refractivity contribution < 1.29 is 22.7 Å². The van der Waals surface area contributed by atoms with Crippen LogP contribution in [-0.4, -0.2) is 22.5 Å². The fraction of sp³-hybridized carbons (Fsp3) is 0.286. The normalized spacial score (nSPS) is 15.2. The molecule has 0 radical (unpaired) electrons. The van der Waals surface area contributed by atoms with E-state index in [0.717, 1.165) is 37.3 Å². The Kier molecular flexibility index (Phi) is 7.58. The van der Waals surface area contributed by atoms with Crippen LogP contribution in [0, 0.1) is 11.3 Å². The van der Waals surface area contributed by atoms with Gasteiger partial charge in [-0.05, 0) is 49.6 Å². The molecule has 9 heteroatoms. The highest BCUT2D eigenvalue weighted by Crippen LogP contribution is 2.39. The molecule has 3 aromatic rings. The van der Waals surface area contributed by atoms with Crippen molar-refractivity contribution in [1.82, 2.24) is 15.3 Å². The van der Waals surface area contributed by atoms with Gasteiger partial charge in [0, 0.05) is 6.20 Å². The van der Waals surface area contributed by atoms with E-state index in [0.29, 0.717) is 6.20 Å². The Morgan fingerprint density at radius 2 is 1.89 bits per heavy atom. The second-order valence-electron chi connectivity index (χ2n) is 8.73. The molecule has 0 bridgehead atoms. The topological polar surface area (TPSA) is 87.9 Å². The number of nitriles is 1. The molecule has 1 aromatic carbocycles. The lowest BCUT2D eigenvalue weighted by Gasteiger charge is -2.31. The second-order valence-corrected chi connectivity index (χ2v) is 8.73. The third-order valence-electron chi connectivity index (χ3n) is 6.30. The Morgan fingerprint density at radius 1 is 1.16 bits per heavy atom. The van der Waals surface area contributed by atoms with Gasteiger partial charge in [0.15, 0.2) is 0 Å². The Hall–Kier alpha value is -4.19. The van der Waals surface area contributed by atoms with Crippen LogP contribution in [0.25, 0.3) is 17.3 Å². The summed E-state index contributed by atoms with van der Waals surface area (Å²) in [5.41, 5.74) is -0.191. The number of carbonyl (C=O) groups excluding carboxylic acids is 1. The zero-order valence-electron chi connectivity index (χ0n) is 20.2. The van der Waals surface area contributed by atoms with E-state index in [1.54, 1.807) is 19.1 Å². The quantitative estimate of drug-likeness (QED) is 0.311. The van der Waals surface area contributed by atoms with Gasteiger partial charge in [-0.15, -0.1) is 0 Å². The van der Waals surface area contributed by atoms with E-state index in [2.05, 4.69) is 15.3 Å². The van der Waals surface area contributed by atoms with E-state index in [-0.39, 0.29) is 35.0 Å². The zero-order valence-corrected chi connectivity index (χ0v) is 20.2. The summed E-state index contributed by atoms with van der Waals surface area (Å²) in [6.07, 6.45) is 0.881. The Morgan fingerprint density at radius 3 is 2.54 bits per heavy atom. The highest BCUT2D eigenvalue weighted by atomic mass is 19.4. The molecule has 1 fully saturated rings. The molecule has 0 aliphatic heterocycles. The maximum Gasteiger partial charge on any atom is 0.417 e. The summed E-state index contributed by atoms with van der Waals surface area (Å²) < 4.78 is 45.4. The summed E-state index contributed by atoms with van der Waals surface area (Å²) in [5.74, 6) is -0.524. The number of halogens is 3. The number of benzene rings is 1. The van der Waals surface area contributed by atoms with Crippen molar-refractivity contribution in [1.29, 1.82) is 5.26 Å². The van der Waals surface area contributed by atoms with Crippen LogP contribution in [0.5, 0.6) is 5.88 Å². The summed E-state index contributed by atoms with van der Waals surface area (Å²) in [7, 11) is 0. The molecular formula is C28H25F3N4O2. The molecule has 1 N–H and O–H groups in total. The number of hydrogen-bond donors (Lipinski definition) is 1.